The van der Waals surface area contributed by atoms with Gasteiger partial charge in [0, 0.05) is 37.3 Å². The lowest BCUT2D eigenvalue weighted by Crippen LogP contribution is -2.54. The summed E-state index contributed by atoms with van der Waals surface area (Å²) in [4.78, 5) is 42.7. The molecule has 0 radical (unpaired) electrons. The standard InChI is InChI=1S/C28H34ClF2N5O6/c1-28(27(39)40)9-4-3-5-17(28)26(38)36-10-8-16-18(29)6-7-21(42-14-19-24(25(30)31)34(2)33-32-19)23(16)20(36)13-35-11-12-41-15-22(35)37/h6-7,17,20,25H,3-5,8-15H2,1-2H3,(H,39,40)/t17-,20?,28-/m0/s1. The van der Waals surface area contributed by atoms with E-state index in [1.807, 2.05) is 0 Å². The Balaban J connectivity index is 1.54. The molecule has 3 heterocycles. The summed E-state index contributed by atoms with van der Waals surface area (Å²) in [5.74, 6) is -1.97. The molecule has 2 aromatic rings. The van der Waals surface area contributed by atoms with Crippen molar-refractivity contribution in [2.75, 3.05) is 32.8 Å². The first-order chi connectivity index (χ1) is 20.0. The fraction of sp³-hybridized carbons (Fsp3) is 0.607. The fourth-order valence-electron chi connectivity index (χ4n) is 6.42. The second kappa shape index (κ2) is 12.1. The van der Waals surface area contributed by atoms with Gasteiger partial charge in [-0.1, -0.05) is 29.7 Å². The highest BCUT2D eigenvalue weighted by atomic mass is 35.5. The summed E-state index contributed by atoms with van der Waals surface area (Å²) in [6, 6.07) is 2.55. The molecule has 2 aliphatic heterocycles. The van der Waals surface area contributed by atoms with Gasteiger partial charge in [0.15, 0.2) is 0 Å². The highest BCUT2D eigenvalue weighted by molar-refractivity contribution is 6.31. The summed E-state index contributed by atoms with van der Waals surface area (Å²) in [7, 11) is 1.37. The van der Waals surface area contributed by atoms with Gasteiger partial charge in [0.1, 0.15) is 30.4 Å². The Labute approximate surface area is 246 Å². The van der Waals surface area contributed by atoms with E-state index in [1.165, 1.54) is 7.05 Å². The molecule has 2 amide bonds. The molecular formula is C28H34ClF2N5O6. The number of carbonyl (C=O) groups is 3. The number of carboxylic acids is 1. The largest absolute Gasteiger partial charge is 0.487 e. The predicted molar refractivity (Wildman–Crippen MR) is 145 cm³/mol. The van der Waals surface area contributed by atoms with E-state index in [0.717, 1.165) is 23.1 Å². The molecule has 1 unspecified atom stereocenters. The number of ether oxygens (including phenoxy) is 2. The average Bonchev–Trinajstić information content (AvgIpc) is 3.34. The number of halogens is 3. The molecule has 42 heavy (non-hydrogen) atoms. The summed E-state index contributed by atoms with van der Waals surface area (Å²) in [5.41, 5.74) is -0.326. The monoisotopic (exact) mass is 609 g/mol. The predicted octanol–water partition coefficient (Wildman–Crippen LogP) is 3.55. The number of benzene rings is 1. The van der Waals surface area contributed by atoms with Gasteiger partial charge in [0.05, 0.1) is 24.0 Å². The van der Waals surface area contributed by atoms with E-state index >= 15 is 0 Å². The average molecular weight is 610 g/mol. The van der Waals surface area contributed by atoms with Crippen LogP contribution in [0.3, 0.4) is 0 Å². The number of rotatable bonds is 8. The van der Waals surface area contributed by atoms with Crippen molar-refractivity contribution in [1.82, 2.24) is 24.8 Å². The minimum absolute atomic E-state index is 0.0284. The number of amides is 2. The van der Waals surface area contributed by atoms with Crippen LogP contribution in [0.1, 0.15) is 67.6 Å². The molecule has 0 bridgehead atoms. The first-order valence-corrected chi connectivity index (χ1v) is 14.4. The van der Waals surface area contributed by atoms with Crippen molar-refractivity contribution < 1.29 is 37.7 Å². The van der Waals surface area contributed by atoms with E-state index < -0.39 is 29.8 Å². The van der Waals surface area contributed by atoms with Gasteiger partial charge in [-0.15, -0.1) is 5.10 Å². The second-order valence-corrected chi connectivity index (χ2v) is 11.7. The van der Waals surface area contributed by atoms with Crippen LogP contribution in [0, 0.1) is 11.3 Å². The third kappa shape index (κ3) is 5.56. The van der Waals surface area contributed by atoms with Gasteiger partial charge < -0.3 is 24.4 Å². The van der Waals surface area contributed by atoms with Crippen LogP contribution in [-0.4, -0.2) is 80.5 Å². The van der Waals surface area contributed by atoms with E-state index in [1.54, 1.807) is 28.9 Å². The summed E-state index contributed by atoms with van der Waals surface area (Å²) >= 11 is 6.64. The third-order valence-electron chi connectivity index (χ3n) is 8.84. The molecule has 3 aliphatic rings. The lowest BCUT2D eigenvalue weighted by molar-refractivity contribution is -0.163. The zero-order valence-electron chi connectivity index (χ0n) is 23.5. The lowest BCUT2D eigenvalue weighted by atomic mass is 9.66. The highest BCUT2D eigenvalue weighted by Crippen LogP contribution is 2.46. The van der Waals surface area contributed by atoms with Crippen molar-refractivity contribution in [2.24, 2.45) is 18.4 Å². The lowest BCUT2D eigenvalue weighted by Gasteiger charge is -2.45. The number of carboxylic acid groups (broad SMARTS) is 1. The maximum absolute atomic E-state index is 14.3. The van der Waals surface area contributed by atoms with Crippen LogP contribution in [0.4, 0.5) is 8.78 Å². The minimum atomic E-state index is -2.81. The molecule has 11 nitrogen and oxygen atoms in total. The van der Waals surface area contributed by atoms with Crippen molar-refractivity contribution in [1.29, 1.82) is 0 Å². The molecule has 5 rings (SSSR count). The Kier molecular flexibility index (Phi) is 8.70. The first-order valence-electron chi connectivity index (χ1n) is 14.0. The van der Waals surface area contributed by atoms with Crippen LogP contribution in [-0.2, 0) is 39.2 Å². The zero-order valence-corrected chi connectivity index (χ0v) is 24.3. The number of hydrogen-bond acceptors (Lipinski definition) is 7. The summed E-state index contributed by atoms with van der Waals surface area (Å²) in [5, 5.41) is 18.1. The SMILES string of the molecule is Cn1nnc(COc2ccc(Cl)c3c2C(CN2CCOCC2=O)N(C(=O)[C@@H]2CCCC[C@]2(C)C(=O)O)CC3)c1C(F)F. The summed E-state index contributed by atoms with van der Waals surface area (Å²) in [6.07, 6.45) is -0.153. The van der Waals surface area contributed by atoms with Crippen LogP contribution in [0.5, 0.6) is 5.75 Å². The molecule has 1 aromatic carbocycles. The van der Waals surface area contributed by atoms with Crippen LogP contribution in [0.2, 0.25) is 5.02 Å². The first kappa shape index (κ1) is 30.1. The number of aliphatic carboxylic acids is 1. The second-order valence-electron chi connectivity index (χ2n) is 11.3. The van der Waals surface area contributed by atoms with Gasteiger partial charge in [-0.25, -0.2) is 13.5 Å². The van der Waals surface area contributed by atoms with E-state index in [4.69, 9.17) is 21.1 Å². The molecular weight excluding hydrogens is 576 g/mol. The Hall–Kier alpha value is -3.32. The zero-order chi connectivity index (χ0) is 30.2. The van der Waals surface area contributed by atoms with E-state index in [9.17, 15) is 28.3 Å². The fourth-order valence-corrected chi connectivity index (χ4v) is 6.68. The smallest absolute Gasteiger partial charge is 0.310 e. The highest BCUT2D eigenvalue weighted by Gasteiger charge is 2.50. The quantitative estimate of drug-likeness (QED) is 0.481. The maximum atomic E-state index is 14.3. The van der Waals surface area contributed by atoms with Gasteiger partial charge in [-0.05, 0) is 43.9 Å². The Morgan fingerprint density at radius 2 is 2.07 bits per heavy atom. The number of morpholine rings is 1. The number of nitrogens with zero attached hydrogens (tertiary/aromatic N) is 5. The molecule has 1 saturated heterocycles. The van der Waals surface area contributed by atoms with Crippen molar-refractivity contribution in [3.63, 3.8) is 0 Å². The molecule has 14 heteroatoms. The Morgan fingerprint density at radius 3 is 2.79 bits per heavy atom. The third-order valence-corrected chi connectivity index (χ3v) is 9.20. The number of hydrogen-bond donors (Lipinski definition) is 1. The van der Waals surface area contributed by atoms with Gasteiger partial charge in [0.25, 0.3) is 6.43 Å². The normalized spacial score (nSPS) is 24.6. The molecule has 1 N–H and O–H groups in total. The van der Waals surface area contributed by atoms with Crippen molar-refractivity contribution >= 4 is 29.4 Å². The number of alkyl halides is 2. The van der Waals surface area contributed by atoms with Crippen LogP contribution in [0.15, 0.2) is 12.1 Å². The Bertz CT molecular complexity index is 1370. The van der Waals surface area contributed by atoms with Gasteiger partial charge in [0.2, 0.25) is 11.8 Å². The van der Waals surface area contributed by atoms with Gasteiger partial charge in [-0.2, -0.15) is 0 Å². The minimum Gasteiger partial charge on any atom is -0.487 e. The number of fused-ring (bicyclic) bond motifs is 1. The van der Waals surface area contributed by atoms with Gasteiger partial charge in [-0.3, -0.25) is 14.4 Å². The van der Waals surface area contributed by atoms with E-state index in [2.05, 4.69) is 10.3 Å². The number of carbonyl (C=O) groups excluding carboxylic acids is 2. The topological polar surface area (TPSA) is 127 Å². The molecule has 0 spiro atoms. The number of aryl methyl sites for hydroxylation is 1. The molecule has 3 atom stereocenters. The Morgan fingerprint density at radius 1 is 1.29 bits per heavy atom. The molecule has 1 aromatic heterocycles. The van der Waals surface area contributed by atoms with Crippen molar-refractivity contribution in [3.05, 3.63) is 39.7 Å². The van der Waals surface area contributed by atoms with E-state index in [0.29, 0.717) is 48.7 Å². The van der Waals surface area contributed by atoms with Gasteiger partial charge >= 0.3 is 5.97 Å². The summed E-state index contributed by atoms with van der Waals surface area (Å²) < 4.78 is 39.7. The molecule has 1 aliphatic carbocycles. The molecule has 1 saturated carbocycles. The summed E-state index contributed by atoms with van der Waals surface area (Å²) in [6.45, 7) is 2.26. The maximum Gasteiger partial charge on any atom is 0.310 e. The van der Waals surface area contributed by atoms with Crippen molar-refractivity contribution in [3.8, 4) is 5.75 Å². The number of aromatic nitrogens is 3. The molecule has 228 valence electrons. The van der Waals surface area contributed by atoms with Crippen LogP contribution < -0.4 is 4.74 Å². The van der Waals surface area contributed by atoms with Crippen LogP contribution >= 0.6 is 11.6 Å². The van der Waals surface area contributed by atoms with Crippen molar-refractivity contribution in [2.45, 2.75) is 58.1 Å². The molecule has 2 fully saturated rings. The van der Waals surface area contributed by atoms with E-state index in [-0.39, 0.29) is 49.5 Å². The van der Waals surface area contributed by atoms with Crippen LogP contribution in [0.25, 0.3) is 0 Å².